The summed E-state index contributed by atoms with van der Waals surface area (Å²) in [7, 11) is 0. The van der Waals surface area contributed by atoms with E-state index >= 15 is 0 Å². The van der Waals surface area contributed by atoms with Gasteiger partial charge in [0.05, 0.1) is 11.2 Å². The molecule has 1 aromatic heterocycles. The van der Waals surface area contributed by atoms with Crippen molar-refractivity contribution in [1.82, 2.24) is 4.98 Å². The summed E-state index contributed by atoms with van der Waals surface area (Å²) in [6, 6.07) is 7.45. The van der Waals surface area contributed by atoms with E-state index in [2.05, 4.69) is 10.3 Å². The van der Waals surface area contributed by atoms with Gasteiger partial charge in [-0.25, -0.2) is 4.98 Å². The zero-order chi connectivity index (χ0) is 13.0. The van der Waals surface area contributed by atoms with E-state index in [4.69, 9.17) is 5.11 Å². The number of hydrogen-bond acceptors (Lipinski definition) is 4. The van der Waals surface area contributed by atoms with Gasteiger partial charge in [-0.2, -0.15) is 0 Å². The van der Waals surface area contributed by atoms with E-state index in [0.29, 0.717) is 11.3 Å². The van der Waals surface area contributed by atoms with Crippen molar-refractivity contribution in [3.8, 4) is 0 Å². The number of thiazole rings is 1. The first-order chi connectivity index (χ1) is 8.69. The van der Waals surface area contributed by atoms with Gasteiger partial charge in [-0.1, -0.05) is 12.1 Å². The normalized spacial score (nSPS) is 10.3. The predicted octanol–water partition coefficient (Wildman–Crippen LogP) is 2.24. The van der Waals surface area contributed by atoms with Crippen molar-refractivity contribution in [2.45, 2.75) is 13.3 Å². The van der Waals surface area contributed by atoms with Crippen LogP contribution in [0.1, 0.15) is 20.2 Å². The van der Waals surface area contributed by atoms with Gasteiger partial charge in [0, 0.05) is 12.3 Å². The highest BCUT2D eigenvalue weighted by Crippen LogP contribution is 2.15. The monoisotopic (exact) mass is 262 g/mol. The lowest BCUT2D eigenvalue weighted by molar-refractivity contribution is 0.103. The number of amides is 1. The molecule has 0 aliphatic heterocycles. The number of aliphatic hydroxyl groups is 1. The first-order valence-electron chi connectivity index (χ1n) is 5.62. The summed E-state index contributed by atoms with van der Waals surface area (Å²) in [5, 5.41) is 12.5. The Labute approximate surface area is 109 Å². The standard InChI is InChI=1S/C13H14N2O2S/c1-9-14-8-12(18-9)13(17)15-11-4-2-10(3-5-11)6-7-16/h2-5,8,16H,6-7H2,1H3,(H,15,17). The molecule has 2 aromatic rings. The maximum Gasteiger partial charge on any atom is 0.267 e. The molecule has 18 heavy (non-hydrogen) atoms. The molecule has 0 saturated heterocycles. The second kappa shape index (κ2) is 5.75. The molecular formula is C13H14N2O2S. The van der Waals surface area contributed by atoms with Gasteiger partial charge >= 0.3 is 0 Å². The summed E-state index contributed by atoms with van der Waals surface area (Å²) >= 11 is 1.37. The van der Waals surface area contributed by atoms with E-state index < -0.39 is 0 Å². The Morgan fingerprint density at radius 2 is 2.11 bits per heavy atom. The average molecular weight is 262 g/mol. The van der Waals surface area contributed by atoms with Crippen LogP contribution in [0.2, 0.25) is 0 Å². The maximum atomic E-state index is 11.9. The number of nitrogens with zero attached hydrogens (tertiary/aromatic N) is 1. The van der Waals surface area contributed by atoms with Crippen molar-refractivity contribution in [2.24, 2.45) is 0 Å². The van der Waals surface area contributed by atoms with Crippen LogP contribution in [0.15, 0.2) is 30.5 Å². The van der Waals surface area contributed by atoms with Crippen LogP contribution >= 0.6 is 11.3 Å². The Kier molecular flexibility index (Phi) is 4.07. The third-order valence-electron chi connectivity index (χ3n) is 2.46. The lowest BCUT2D eigenvalue weighted by Crippen LogP contribution is -2.10. The van der Waals surface area contributed by atoms with Gasteiger partial charge in [-0.3, -0.25) is 4.79 Å². The topological polar surface area (TPSA) is 62.2 Å². The Hall–Kier alpha value is -1.72. The third-order valence-corrected chi connectivity index (χ3v) is 3.37. The fourth-order valence-corrected chi connectivity index (χ4v) is 2.22. The maximum absolute atomic E-state index is 11.9. The van der Waals surface area contributed by atoms with Crippen LogP contribution in [0.3, 0.4) is 0 Å². The fraction of sp³-hybridized carbons (Fsp3) is 0.231. The van der Waals surface area contributed by atoms with Crippen LogP contribution in [0.5, 0.6) is 0 Å². The first-order valence-corrected chi connectivity index (χ1v) is 6.44. The molecule has 0 unspecified atom stereocenters. The number of aryl methyl sites for hydroxylation is 1. The first kappa shape index (κ1) is 12.7. The Morgan fingerprint density at radius 3 is 2.67 bits per heavy atom. The molecule has 0 saturated carbocycles. The van der Waals surface area contributed by atoms with E-state index in [1.54, 1.807) is 6.20 Å². The summed E-state index contributed by atoms with van der Waals surface area (Å²) in [5.74, 6) is -0.143. The molecule has 1 heterocycles. The Balaban J connectivity index is 2.03. The fourth-order valence-electron chi connectivity index (χ4n) is 1.54. The number of anilines is 1. The van der Waals surface area contributed by atoms with Crippen LogP contribution in [-0.4, -0.2) is 22.6 Å². The molecular weight excluding hydrogens is 248 g/mol. The second-order valence-electron chi connectivity index (χ2n) is 3.87. The molecule has 0 atom stereocenters. The van der Waals surface area contributed by atoms with E-state index in [9.17, 15) is 4.79 Å². The van der Waals surface area contributed by atoms with Gasteiger partial charge in [0.1, 0.15) is 4.88 Å². The van der Waals surface area contributed by atoms with Crippen molar-refractivity contribution < 1.29 is 9.90 Å². The molecule has 94 valence electrons. The number of hydrogen-bond donors (Lipinski definition) is 2. The molecule has 2 rings (SSSR count). The van der Waals surface area contributed by atoms with Gasteiger partial charge in [0.2, 0.25) is 0 Å². The minimum Gasteiger partial charge on any atom is -0.396 e. The molecule has 0 bridgehead atoms. The highest BCUT2D eigenvalue weighted by atomic mass is 32.1. The second-order valence-corrected chi connectivity index (χ2v) is 5.10. The van der Waals surface area contributed by atoms with Gasteiger partial charge in [-0.05, 0) is 31.0 Å². The molecule has 0 spiro atoms. The Morgan fingerprint density at radius 1 is 1.39 bits per heavy atom. The van der Waals surface area contributed by atoms with E-state index in [1.165, 1.54) is 11.3 Å². The molecule has 4 nitrogen and oxygen atoms in total. The summed E-state index contributed by atoms with van der Waals surface area (Å²) < 4.78 is 0. The number of carbonyl (C=O) groups excluding carboxylic acids is 1. The van der Waals surface area contributed by atoms with Crippen molar-refractivity contribution in [2.75, 3.05) is 11.9 Å². The molecule has 0 aliphatic carbocycles. The van der Waals surface area contributed by atoms with Crippen LogP contribution < -0.4 is 5.32 Å². The van der Waals surface area contributed by atoms with Gasteiger partial charge in [0.25, 0.3) is 5.91 Å². The largest absolute Gasteiger partial charge is 0.396 e. The zero-order valence-electron chi connectivity index (χ0n) is 10.0. The zero-order valence-corrected chi connectivity index (χ0v) is 10.8. The van der Waals surface area contributed by atoms with Gasteiger partial charge in [0.15, 0.2) is 0 Å². The third kappa shape index (κ3) is 3.15. The van der Waals surface area contributed by atoms with Crippen molar-refractivity contribution in [1.29, 1.82) is 0 Å². The number of benzene rings is 1. The lowest BCUT2D eigenvalue weighted by Gasteiger charge is -2.04. The minimum atomic E-state index is -0.143. The highest BCUT2D eigenvalue weighted by Gasteiger charge is 2.08. The summed E-state index contributed by atoms with van der Waals surface area (Å²) in [5.41, 5.74) is 1.79. The van der Waals surface area contributed by atoms with Crippen molar-refractivity contribution in [3.63, 3.8) is 0 Å². The summed E-state index contributed by atoms with van der Waals surface area (Å²) in [6.45, 7) is 2.00. The molecule has 0 radical (unpaired) electrons. The lowest BCUT2D eigenvalue weighted by atomic mass is 10.1. The molecule has 0 aliphatic rings. The predicted molar refractivity (Wildman–Crippen MR) is 72.0 cm³/mol. The van der Waals surface area contributed by atoms with Crippen molar-refractivity contribution in [3.05, 3.63) is 45.9 Å². The summed E-state index contributed by atoms with van der Waals surface area (Å²) in [4.78, 5) is 16.5. The number of aromatic nitrogens is 1. The quantitative estimate of drug-likeness (QED) is 0.888. The average Bonchev–Trinajstić information content (AvgIpc) is 2.79. The van der Waals surface area contributed by atoms with E-state index in [1.807, 2.05) is 31.2 Å². The smallest absolute Gasteiger partial charge is 0.267 e. The van der Waals surface area contributed by atoms with Crippen LogP contribution in [0, 0.1) is 6.92 Å². The van der Waals surface area contributed by atoms with Crippen LogP contribution in [0.4, 0.5) is 5.69 Å². The molecule has 1 aromatic carbocycles. The van der Waals surface area contributed by atoms with Crippen molar-refractivity contribution >= 4 is 22.9 Å². The summed E-state index contributed by atoms with van der Waals surface area (Å²) in [6.07, 6.45) is 2.21. The van der Waals surface area contributed by atoms with Crippen LogP contribution in [-0.2, 0) is 6.42 Å². The number of aliphatic hydroxyl groups excluding tert-OH is 1. The molecule has 1 amide bonds. The highest BCUT2D eigenvalue weighted by molar-refractivity contribution is 7.13. The SMILES string of the molecule is Cc1ncc(C(=O)Nc2ccc(CCO)cc2)s1. The number of rotatable bonds is 4. The van der Waals surface area contributed by atoms with Crippen LogP contribution in [0.25, 0.3) is 0 Å². The van der Waals surface area contributed by atoms with E-state index in [0.717, 1.165) is 16.3 Å². The molecule has 2 N–H and O–H groups in total. The minimum absolute atomic E-state index is 0.131. The van der Waals surface area contributed by atoms with Gasteiger partial charge in [-0.15, -0.1) is 11.3 Å². The number of carbonyl (C=O) groups is 1. The van der Waals surface area contributed by atoms with E-state index in [-0.39, 0.29) is 12.5 Å². The van der Waals surface area contributed by atoms with Gasteiger partial charge < -0.3 is 10.4 Å². The molecule has 0 fully saturated rings. The Bertz CT molecular complexity index is 534. The molecule has 5 heteroatoms. The number of nitrogens with one attached hydrogen (secondary N) is 1.